The summed E-state index contributed by atoms with van der Waals surface area (Å²) in [6.07, 6.45) is 3.63. The third kappa shape index (κ3) is 3.87. The molecule has 1 atom stereocenters. The number of amides is 1. The van der Waals surface area contributed by atoms with Gasteiger partial charge in [0.2, 0.25) is 0 Å². The Balaban J connectivity index is 1.25. The first-order chi connectivity index (χ1) is 12.7. The van der Waals surface area contributed by atoms with Crippen molar-refractivity contribution < 1.29 is 19.0 Å². The molecule has 4 rings (SSSR count). The van der Waals surface area contributed by atoms with Gasteiger partial charge in [-0.05, 0) is 43.4 Å². The number of carbonyl (C=O) groups excluding carboxylic acids is 1. The van der Waals surface area contributed by atoms with Crippen LogP contribution in [0.15, 0.2) is 24.3 Å². The minimum absolute atomic E-state index is 0.0988. The van der Waals surface area contributed by atoms with Crippen LogP contribution < -0.4 is 4.74 Å². The second-order valence-corrected chi connectivity index (χ2v) is 9.09. The zero-order valence-electron chi connectivity index (χ0n) is 15.3. The van der Waals surface area contributed by atoms with Gasteiger partial charge in [-0.2, -0.15) is 0 Å². The van der Waals surface area contributed by atoms with Crippen molar-refractivity contribution in [3.63, 3.8) is 0 Å². The molecule has 0 aromatic heterocycles. The van der Waals surface area contributed by atoms with E-state index in [4.69, 9.17) is 14.2 Å². The average molecular weight is 378 g/mol. The molecule has 26 heavy (non-hydrogen) atoms. The summed E-state index contributed by atoms with van der Waals surface area (Å²) in [7, 11) is 1.62. The normalized spacial score (nSPS) is 25.3. The molecule has 3 heterocycles. The number of rotatable bonds is 5. The molecule has 3 aliphatic rings. The van der Waals surface area contributed by atoms with E-state index in [0.717, 1.165) is 63.7 Å². The Kier molecular flexibility index (Phi) is 5.43. The van der Waals surface area contributed by atoms with Crippen LogP contribution in [0.1, 0.15) is 29.6 Å². The Hall–Kier alpha value is -1.24. The predicted molar refractivity (Wildman–Crippen MR) is 102 cm³/mol. The van der Waals surface area contributed by atoms with Gasteiger partial charge in [0.05, 0.1) is 18.0 Å². The molecule has 5 nitrogen and oxygen atoms in total. The molecule has 0 aliphatic carbocycles. The summed E-state index contributed by atoms with van der Waals surface area (Å²) >= 11 is 1.98. The number of carbonyl (C=O) groups is 1. The molecule has 142 valence electrons. The summed E-state index contributed by atoms with van der Waals surface area (Å²) in [6.45, 7) is 4.25. The zero-order valence-corrected chi connectivity index (χ0v) is 16.1. The number of nitrogens with zero attached hydrogens (tertiary/aromatic N) is 1. The van der Waals surface area contributed by atoms with E-state index < -0.39 is 0 Å². The van der Waals surface area contributed by atoms with Crippen molar-refractivity contribution in [3.8, 4) is 5.75 Å². The van der Waals surface area contributed by atoms with Crippen molar-refractivity contribution >= 4 is 17.7 Å². The third-order valence-corrected chi connectivity index (χ3v) is 7.22. The highest BCUT2D eigenvalue weighted by Gasteiger charge is 2.51. The molecule has 0 saturated carbocycles. The van der Waals surface area contributed by atoms with Crippen LogP contribution in [-0.4, -0.2) is 67.4 Å². The van der Waals surface area contributed by atoms with Crippen LogP contribution in [0, 0.1) is 5.92 Å². The number of methoxy groups -OCH3 is 1. The van der Waals surface area contributed by atoms with Gasteiger partial charge in [0, 0.05) is 44.2 Å². The molecule has 1 aromatic rings. The van der Waals surface area contributed by atoms with Gasteiger partial charge in [-0.3, -0.25) is 4.79 Å². The maximum atomic E-state index is 12.7. The topological polar surface area (TPSA) is 48.0 Å². The van der Waals surface area contributed by atoms with Crippen molar-refractivity contribution in [1.29, 1.82) is 0 Å². The molecule has 1 spiro atoms. The first kappa shape index (κ1) is 18.1. The molecule has 6 heteroatoms. The molecule has 1 amide bonds. The fourth-order valence-electron chi connectivity index (χ4n) is 4.05. The van der Waals surface area contributed by atoms with E-state index in [0.29, 0.717) is 17.6 Å². The number of likely N-dealkylation sites (tertiary alicyclic amines) is 1. The zero-order chi connectivity index (χ0) is 18.0. The van der Waals surface area contributed by atoms with E-state index in [9.17, 15) is 4.79 Å². The van der Waals surface area contributed by atoms with Crippen LogP contribution in [0.5, 0.6) is 5.75 Å². The van der Waals surface area contributed by atoms with E-state index in [-0.39, 0.29) is 10.7 Å². The number of ether oxygens (including phenoxy) is 3. The standard InChI is InChI=1S/C20H27NO4S/c1-23-17-4-2-3-16(9-17)19(22)21-13-20(14-21)10-18(12-26-20)25-11-15-5-7-24-8-6-15/h2-4,9,15,18H,5-8,10-14H2,1H3/t18-/m0/s1. The summed E-state index contributed by atoms with van der Waals surface area (Å²) in [6, 6.07) is 7.40. The van der Waals surface area contributed by atoms with Gasteiger partial charge >= 0.3 is 0 Å². The van der Waals surface area contributed by atoms with Gasteiger partial charge < -0.3 is 19.1 Å². The second kappa shape index (κ2) is 7.79. The molecule has 3 aliphatic heterocycles. The van der Waals surface area contributed by atoms with Crippen molar-refractivity contribution in [3.05, 3.63) is 29.8 Å². The Bertz CT molecular complexity index is 640. The Morgan fingerprint density at radius 3 is 2.92 bits per heavy atom. The van der Waals surface area contributed by atoms with Gasteiger partial charge in [-0.1, -0.05) is 6.07 Å². The van der Waals surface area contributed by atoms with E-state index in [1.807, 2.05) is 40.9 Å². The summed E-state index contributed by atoms with van der Waals surface area (Å²) < 4.78 is 17.0. The minimum Gasteiger partial charge on any atom is -0.497 e. The van der Waals surface area contributed by atoms with Crippen LogP contribution in [-0.2, 0) is 9.47 Å². The smallest absolute Gasteiger partial charge is 0.254 e. The molecule has 0 N–H and O–H groups in total. The van der Waals surface area contributed by atoms with E-state index >= 15 is 0 Å². The number of hydrogen-bond acceptors (Lipinski definition) is 5. The molecule has 0 bridgehead atoms. The van der Waals surface area contributed by atoms with Crippen molar-refractivity contribution in [1.82, 2.24) is 4.90 Å². The first-order valence-corrected chi connectivity index (χ1v) is 10.4. The van der Waals surface area contributed by atoms with Gasteiger partial charge in [-0.15, -0.1) is 11.8 Å². The van der Waals surface area contributed by atoms with E-state index in [2.05, 4.69) is 0 Å². The van der Waals surface area contributed by atoms with Gasteiger partial charge in [0.15, 0.2) is 0 Å². The lowest BCUT2D eigenvalue weighted by atomic mass is 9.92. The molecule has 3 fully saturated rings. The average Bonchev–Trinajstić information content (AvgIpc) is 3.10. The van der Waals surface area contributed by atoms with Gasteiger partial charge in [0.1, 0.15) is 5.75 Å². The van der Waals surface area contributed by atoms with E-state index in [1.54, 1.807) is 7.11 Å². The van der Waals surface area contributed by atoms with Crippen LogP contribution in [0.25, 0.3) is 0 Å². The van der Waals surface area contributed by atoms with Crippen molar-refractivity contribution in [2.75, 3.05) is 45.8 Å². The third-order valence-electron chi connectivity index (χ3n) is 5.65. The van der Waals surface area contributed by atoms with Crippen LogP contribution in [0.2, 0.25) is 0 Å². The van der Waals surface area contributed by atoms with Gasteiger partial charge in [-0.25, -0.2) is 0 Å². The largest absolute Gasteiger partial charge is 0.497 e. The maximum Gasteiger partial charge on any atom is 0.254 e. The monoisotopic (exact) mass is 377 g/mol. The van der Waals surface area contributed by atoms with Crippen LogP contribution in [0.4, 0.5) is 0 Å². The molecular weight excluding hydrogens is 350 g/mol. The highest BCUT2D eigenvalue weighted by molar-refractivity contribution is 8.01. The SMILES string of the molecule is COc1cccc(C(=O)N2CC3(C[C@H](OCC4CCOCC4)CS3)C2)c1. The summed E-state index contributed by atoms with van der Waals surface area (Å²) in [5.41, 5.74) is 0.703. The Labute approximate surface area is 159 Å². The lowest BCUT2D eigenvalue weighted by Crippen LogP contribution is -2.60. The summed E-state index contributed by atoms with van der Waals surface area (Å²) in [5, 5.41) is 0. The highest BCUT2D eigenvalue weighted by Crippen LogP contribution is 2.46. The lowest BCUT2D eigenvalue weighted by Gasteiger charge is -2.47. The summed E-state index contributed by atoms with van der Waals surface area (Å²) in [5.74, 6) is 2.52. The first-order valence-electron chi connectivity index (χ1n) is 9.44. The van der Waals surface area contributed by atoms with Crippen LogP contribution in [0.3, 0.4) is 0 Å². The number of benzene rings is 1. The minimum atomic E-state index is 0.0988. The quantitative estimate of drug-likeness (QED) is 0.790. The Morgan fingerprint density at radius 1 is 1.35 bits per heavy atom. The maximum absolute atomic E-state index is 12.7. The van der Waals surface area contributed by atoms with Crippen molar-refractivity contribution in [2.45, 2.75) is 30.1 Å². The second-order valence-electron chi connectivity index (χ2n) is 7.60. The fourth-order valence-corrected chi connectivity index (χ4v) is 5.60. The highest BCUT2D eigenvalue weighted by atomic mass is 32.2. The number of thioether (sulfide) groups is 1. The van der Waals surface area contributed by atoms with Crippen LogP contribution >= 0.6 is 11.8 Å². The summed E-state index contributed by atoms with van der Waals surface area (Å²) in [4.78, 5) is 14.6. The molecule has 1 aromatic carbocycles. The van der Waals surface area contributed by atoms with Crippen molar-refractivity contribution in [2.24, 2.45) is 5.92 Å². The molecule has 0 radical (unpaired) electrons. The van der Waals surface area contributed by atoms with Gasteiger partial charge in [0.25, 0.3) is 5.91 Å². The lowest BCUT2D eigenvalue weighted by molar-refractivity contribution is -0.0118. The molecule has 0 unspecified atom stereocenters. The Morgan fingerprint density at radius 2 is 2.15 bits per heavy atom. The molecule has 3 saturated heterocycles. The number of hydrogen-bond donors (Lipinski definition) is 0. The fraction of sp³-hybridized carbons (Fsp3) is 0.650. The van der Waals surface area contributed by atoms with E-state index in [1.165, 1.54) is 0 Å². The molecular formula is C20H27NO4S. The predicted octanol–water partition coefficient (Wildman–Crippen LogP) is 2.84.